The summed E-state index contributed by atoms with van der Waals surface area (Å²) in [6.07, 6.45) is 3.46. The number of aromatic nitrogens is 2. The van der Waals surface area contributed by atoms with Crippen molar-refractivity contribution < 1.29 is 14.6 Å². The maximum atomic E-state index is 10.9. The molecule has 6 heteroatoms. The number of carboxylic acid groups (broad SMARTS) is 1. The van der Waals surface area contributed by atoms with E-state index in [1.165, 1.54) is 6.33 Å². The minimum Gasteiger partial charge on any atom is -0.480 e. The van der Waals surface area contributed by atoms with Gasteiger partial charge in [-0.25, -0.2) is 9.97 Å². The lowest BCUT2D eigenvalue weighted by Crippen LogP contribution is -2.32. The van der Waals surface area contributed by atoms with Crippen LogP contribution in [0.15, 0.2) is 12.4 Å². The zero-order valence-corrected chi connectivity index (χ0v) is 10.5. The Bertz CT molecular complexity index is 432. The lowest BCUT2D eigenvalue weighted by atomic mass is 10.4. The Kier molecular flexibility index (Phi) is 3.64. The molecule has 1 N–H and O–H groups in total. The van der Waals surface area contributed by atoms with Gasteiger partial charge in [0.05, 0.1) is 6.10 Å². The van der Waals surface area contributed by atoms with Gasteiger partial charge in [-0.1, -0.05) is 0 Å². The molecule has 2 rings (SSSR count). The van der Waals surface area contributed by atoms with E-state index in [-0.39, 0.29) is 18.7 Å². The molecule has 1 aliphatic carbocycles. The first-order chi connectivity index (χ1) is 8.56. The van der Waals surface area contributed by atoms with E-state index in [0.29, 0.717) is 11.7 Å². The molecule has 18 heavy (non-hydrogen) atoms. The van der Waals surface area contributed by atoms with E-state index in [9.17, 15) is 4.79 Å². The van der Waals surface area contributed by atoms with Crippen molar-refractivity contribution in [2.45, 2.75) is 38.8 Å². The van der Waals surface area contributed by atoms with Gasteiger partial charge in [-0.3, -0.25) is 4.79 Å². The fourth-order valence-electron chi connectivity index (χ4n) is 1.72. The summed E-state index contributed by atoms with van der Waals surface area (Å²) in [4.78, 5) is 20.8. The molecule has 1 aromatic rings. The third kappa shape index (κ3) is 3.32. The Morgan fingerprint density at radius 3 is 2.83 bits per heavy atom. The van der Waals surface area contributed by atoms with Crippen LogP contribution in [0.4, 0.5) is 5.82 Å². The highest BCUT2D eigenvalue weighted by Gasteiger charge is 2.31. The van der Waals surface area contributed by atoms with Gasteiger partial charge in [-0.05, 0) is 26.7 Å². The molecule has 0 amide bonds. The molecule has 0 aliphatic heterocycles. The molecule has 1 aromatic heterocycles. The van der Waals surface area contributed by atoms with Crippen molar-refractivity contribution >= 4 is 11.8 Å². The normalized spacial score (nSPS) is 14.6. The standard InChI is InChI=1S/C12H17N3O3/c1-8(2)18-11-5-10(13-7-14-11)15(6-12(16)17)9-3-4-9/h5,7-9H,3-4,6H2,1-2H3,(H,16,17). The van der Waals surface area contributed by atoms with Gasteiger partial charge in [-0.15, -0.1) is 0 Å². The Hall–Kier alpha value is -1.85. The number of ether oxygens (including phenoxy) is 1. The third-order valence-electron chi connectivity index (χ3n) is 2.57. The van der Waals surface area contributed by atoms with E-state index in [0.717, 1.165) is 12.8 Å². The quantitative estimate of drug-likeness (QED) is 0.821. The molecule has 0 saturated heterocycles. The second-order valence-corrected chi connectivity index (χ2v) is 4.63. The lowest BCUT2D eigenvalue weighted by Gasteiger charge is -2.21. The molecule has 0 atom stereocenters. The Morgan fingerprint density at radius 1 is 1.56 bits per heavy atom. The van der Waals surface area contributed by atoms with Crippen molar-refractivity contribution in [3.63, 3.8) is 0 Å². The highest BCUT2D eigenvalue weighted by Crippen LogP contribution is 2.31. The summed E-state index contributed by atoms with van der Waals surface area (Å²) in [7, 11) is 0. The Morgan fingerprint density at radius 2 is 2.28 bits per heavy atom. The summed E-state index contributed by atoms with van der Waals surface area (Å²) in [6.45, 7) is 3.79. The van der Waals surface area contributed by atoms with Crippen molar-refractivity contribution in [1.29, 1.82) is 0 Å². The summed E-state index contributed by atoms with van der Waals surface area (Å²) in [5, 5.41) is 8.92. The zero-order valence-electron chi connectivity index (χ0n) is 10.5. The van der Waals surface area contributed by atoms with Crippen LogP contribution in [-0.4, -0.2) is 39.7 Å². The van der Waals surface area contributed by atoms with Gasteiger partial charge in [0.25, 0.3) is 0 Å². The van der Waals surface area contributed by atoms with Gasteiger partial charge in [-0.2, -0.15) is 0 Å². The van der Waals surface area contributed by atoms with Gasteiger partial charge in [0, 0.05) is 12.1 Å². The molecule has 1 saturated carbocycles. The minimum absolute atomic E-state index is 0.0293. The number of aliphatic carboxylic acids is 1. The summed E-state index contributed by atoms with van der Waals surface area (Å²) in [5.41, 5.74) is 0. The number of nitrogens with zero attached hydrogens (tertiary/aromatic N) is 3. The van der Waals surface area contributed by atoms with E-state index < -0.39 is 5.97 Å². The monoisotopic (exact) mass is 251 g/mol. The second kappa shape index (κ2) is 5.20. The van der Waals surface area contributed by atoms with Crippen LogP contribution in [0.3, 0.4) is 0 Å². The smallest absolute Gasteiger partial charge is 0.323 e. The molecule has 0 unspecified atom stereocenters. The summed E-state index contributed by atoms with van der Waals surface area (Å²) in [6, 6.07) is 1.98. The molecule has 1 heterocycles. The molecule has 1 fully saturated rings. The van der Waals surface area contributed by atoms with Gasteiger partial charge < -0.3 is 14.7 Å². The van der Waals surface area contributed by atoms with Gasteiger partial charge in [0.2, 0.25) is 5.88 Å². The molecular formula is C12H17N3O3. The lowest BCUT2D eigenvalue weighted by molar-refractivity contribution is -0.135. The van der Waals surface area contributed by atoms with Crippen molar-refractivity contribution in [2.24, 2.45) is 0 Å². The first kappa shape index (κ1) is 12.6. The summed E-state index contributed by atoms with van der Waals surface area (Å²) < 4.78 is 5.48. The zero-order chi connectivity index (χ0) is 13.1. The molecule has 0 spiro atoms. The molecule has 0 bridgehead atoms. The average molecular weight is 251 g/mol. The van der Waals surface area contributed by atoms with E-state index in [1.807, 2.05) is 13.8 Å². The average Bonchev–Trinajstić information content (AvgIpc) is 3.09. The Balaban J connectivity index is 2.16. The molecule has 6 nitrogen and oxygen atoms in total. The van der Waals surface area contributed by atoms with E-state index >= 15 is 0 Å². The van der Waals surface area contributed by atoms with Gasteiger partial charge >= 0.3 is 5.97 Å². The number of hydrogen-bond donors (Lipinski definition) is 1. The number of carboxylic acids is 1. The number of rotatable bonds is 6. The topological polar surface area (TPSA) is 75.5 Å². The van der Waals surface area contributed by atoms with E-state index in [4.69, 9.17) is 9.84 Å². The van der Waals surface area contributed by atoms with Crippen molar-refractivity contribution in [1.82, 2.24) is 9.97 Å². The number of carbonyl (C=O) groups is 1. The Labute approximate surface area is 106 Å². The second-order valence-electron chi connectivity index (χ2n) is 4.63. The van der Waals surface area contributed by atoms with Crippen LogP contribution in [0.1, 0.15) is 26.7 Å². The summed E-state index contributed by atoms with van der Waals surface area (Å²) in [5.74, 6) is 0.239. The highest BCUT2D eigenvalue weighted by molar-refractivity contribution is 5.73. The van der Waals surface area contributed by atoms with Crippen molar-refractivity contribution in [3.8, 4) is 5.88 Å². The fourth-order valence-corrected chi connectivity index (χ4v) is 1.72. The third-order valence-corrected chi connectivity index (χ3v) is 2.57. The van der Waals surface area contributed by atoms with Crippen LogP contribution in [0, 0.1) is 0 Å². The van der Waals surface area contributed by atoms with Crippen LogP contribution in [0.5, 0.6) is 5.88 Å². The van der Waals surface area contributed by atoms with E-state index in [1.54, 1.807) is 11.0 Å². The molecular weight excluding hydrogens is 234 g/mol. The molecule has 1 aliphatic rings. The molecule has 0 aromatic carbocycles. The maximum absolute atomic E-state index is 10.9. The van der Waals surface area contributed by atoms with Crippen molar-refractivity contribution in [2.75, 3.05) is 11.4 Å². The SMILES string of the molecule is CC(C)Oc1cc(N(CC(=O)O)C2CC2)ncn1. The van der Waals surface area contributed by atoms with Crippen LogP contribution >= 0.6 is 0 Å². The van der Waals surface area contributed by atoms with Crippen LogP contribution in [0.2, 0.25) is 0 Å². The largest absolute Gasteiger partial charge is 0.480 e. The fraction of sp³-hybridized carbons (Fsp3) is 0.583. The van der Waals surface area contributed by atoms with Crippen LogP contribution in [0.25, 0.3) is 0 Å². The number of anilines is 1. The predicted octanol–water partition coefficient (Wildman–Crippen LogP) is 1.32. The molecule has 0 radical (unpaired) electrons. The predicted molar refractivity (Wildman–Crippen MR) is 65.8 cm³/mol. The molecule has 98 valence electrons. The van der Waals surface area contributed by atoms with Crippen molar-refractivity contribution in [3.05, 3.63) is 12.4 Å². The van der Waals surface area contributed by atoms with Gasteiger partial charge in [0.15, 0.2) is 0 Å². The summed E-state index contributed by atoms with van der Waals surface area (Å²) >= 11 is 0. The van der Waals surface area contributed by atoms with Gasteiger partial charge in [0.1, 0.15) is 18.7 Å². The van der Waals surface area contributed by atoms with Crippen LogP contribution < -0.4 is 9.64 Å². The highest BCUT2D eigenvalue weighted by atomic mass is 16.5. The minimum atomic E-state index is -0.855. The van der Waals surface area contributed by atoms with E-state index in [2.05, 4.69) is 9.97 Å². The van der Waals surface area contributed by atoms with Crippen LogP contribution in [-0.2, 0) is 4.79 Å². The maximum Gasteiger partial charge on any atom is 0.323 e. The first-order valence-corrected chi connectivity index (χ1v) is 6.03. The first-order valence-electron chi connectivity index (χ1n) is 6.03. The number of hydrogen-bond acceptors (Lipinski definition) is 5.